The fraction of sp³-hybridized carbons (Fsp3) is 0.579. The van der Waals surface area contributed by atoms with Crippen LogP contribution in [0.15, 0.2) is 48.5 Å². The molecule has 0 fully saturated rings. The zero-order valence-electron chi connectivity index (χ0n) is 24.8. The molecule has 2 rings (SSSR count). The topological polar surface area (TPSA) is 0 Å². The smallest absolute Gasteiger partial charge is 0.0255 e. The summed E-state index contributed by atoms with van der Waals surface area (Å²) in [5.41, 5.74) is 4.94. The lowest BCUT2D eigenvalue weighted by Crippen LogP contribution is -1.87. The van der Waals surface area contributed by atoms with Gasteiger partial charge >= 0.3 is 0 Å². The van der Waals surface area contributed by atoms with Crippen molar-refractivity contribution in [3.05, 3.63) is 70.8 Å². The molecule has 0 heterocycles. The molecule has 0 saturated carbocycles. The van der Waals surface area contributed by atoms with Crippen LogP contribution in [0.5, 0.6) is 0 Å². The van der Waals surface area contributed by atoms with Gasteiger partial charge in [0, 0.05) is 11.1 Å². The summed E-state index contributed by atoms with van der Waals surface area (Å²) < 4.78 is 0. The summed E-state index contributed by atoms with van der Waals surface area (Å²) in [6, 6.07) is 17.5. The first-order valence-electron chi connectivity index (χ1n) is 16.0. The molecule has 0 aliphatic carbocycles. The van der Waals surface area contributed by atoms with Crippen molar-refractivity contribution in [2.45, 2.75) is 142 Å². The molecule has 0 bridgehead atoms. The van der Waals surface area contributed by atoms with Crippen molar-refractivity contribution in [2.24, 2.45) is 0 Å². The summed E-state index contributed by atoms with van der Waals surface area (Å²) in [5, 5.41) is 0. The Morgan fingerprint density at radius 1 is 0.368 bits per heavy atom. The largest absolute Gasteiger partial charge is 0.0654 e. The molecule has 0 aliphatic rings. The molecule has 0 spiro atoms. The van der Waals surface area contributed by atoms with Gasteiger partial charge in [0.1, 0.15) is 0 Å². The lowest BCUT2D eigenvalue weighted by molar-refractivity contribution is 0.565. The second-order valence-electron chi connectivity index (χ2n) is 11.1. The Bertz CT molecular complexity index is 858. The maximum absolute atomic E-state index is 3.19. The summed E-state index contributed by atoms with van der Waals surface area (Å²) in [7, 11) is 0. The minimum Gasteiger partial charge on any atom is -0.0654 e. The molecule has 0 heteroatoms. The SMILES string of the molecule is CCCCCCCCCCCc1ccc(C#CC#Cc2ccc(CCCCCCCCCCC)cc2)cc1. The van der Waals surface area contributed by atoms with Gasteiger partial charge in [0.15, 0.2) is 0 Å². The lowest BCUT2D eigenvalue weighted by Gasteiger charge is -2.03. The molecule has 0 unspecified atom stereocenters. The second kappa shape index (κ2) is 22.5. The number of benzene rings is 2. The second-order valence-corrected chi connectivity index (χ2v) is 11.1. The average molecular weight is 511 g/mol. The molecule has 0 aliphatic heterocycles. The molecule has 2 aromatic rings. The van der Waals surface area contributed by atoms with Gasteiger partial charge in [0.25, 0.3) is 0 Å². The van der Waals surface area contributed by atoms with Gasteiger partial charge in [-0.05, 0) is 72.9 Å². The van der Waals surface area contributed by atoms with Crippen LogP contribution in [0.2, 0.25) is 0 Å². The van der Waals surface area contributed by atoms with Gasteiger partial charge in [0.05, 0.1) is 0 Å². The highest BCUT2D eigenvalue weighted by molar-refractivity contribution is 5.45. The minimum atomic E-state index is 1.05. The quantitative estimate of drug-likeness (QED) is 0.123. The highest BCUT2D eigenvalue weighted by Gasteiger charge is 1.97. The van der Waals surface area contributed by atoms with Gasteiger partial charge in [0.2, 0.25) is 0 Å². The molecule has 0 aromatic heterocycles. The number of unbranched alkanes of at least 4 members (excludes halogenated alkanes) is 16. The lowest BCUT2D eigenvalue weighted by atomic mass is 10.0. The fourth-order valence-corrected chi connectivity index (χ4v) is 5.00. The van der Waals surface area contributed by atoms with Gasteiger partial charge in [-0.3, -0.25) is 0 Å². The molecule has 206 valence electrons. The van der Waals surface area contributed by atoms with Crippen molar-refractivity contribution in [3.8, 4) is 23.7 Å². The number of hydrogen-bond donors (Lipinski definition) is 0. The van der Waals surface area contributed by atoms with E-state index in [0.717, 1.165) is 11.1 Å². The highest BCUT2D eigenvalue weighted by atomic mass is 14.0. The molecule has 0 radical (unpaired) electrons. The highest BCUT2D eigenvalue weighted by Crippen LogP contribution is 2.14. The van der Waals surface area contributed by atoms with Crippen LogP contribution in [0.1, 0.15) is 152 Å². The van der Waals surface area contributed by atoms with Crippen LogP contribution < -0.4 is 0 Å². The zero-order chi connectivity index (χ0) is 26.9. The van der Waals surface area contributed by atoms with Gasteiger partial charge < -0.3 is 0 Å². The Kier molecular flexibility index (Phi) is 18.8. The summed E-state index contributed by atoms with van der Waals surface area (Å²) in [4.78, 5) is 0. The maximum Gasteiger partial charge on any atom is 0.0255 e. The monoisotopic (exact) mass is 510 g/mol. The van der Waals surface area contributed by atoms with Crippen molar-refractivity contribution in [1.82, 2.24) is 0 Å². The van der Waals surface area contributed by atoms with Gasteiger partial charge in [-0.15, -0.1) is 0 Å². The van der Waals surface area contributed by atoms with E-state index < -0.39 is 0 Å². The van der Waals surface area contributed by atoms with E-state index in [1.165, 1.54) is 140 Å². The van der Waals surface area contributed by atoms with E-state index in [-0.39, 0.29) is 0 Å². The molecule has 2 aromatic carbocycles. The zero-order valence-corrected chi connectivity index (χ0v) is 24.8. The predicted molar refractivity (Wildman–Crippen MR) is 169 cm³/mol. The first-order valence-corrected chi connectivity index (χ1v) is 16.0. The molecular weight excluding hydrogens is 456 g/mol. The molecule has 0 atom stereocenters. The minimum absolute atomic E-state index is 1.05. The third-order valence-electron chi connectivity index (χ3n) is 7.52. The summed E-state index contributed by atoms with van der Waals surface area (Å²) in [6.07, 6.45) is 27.2. The standard InChI is InChI=1S/C38H54/c1-3-5-7-9-11-13-15-17-19-23-35-27-31-37(32-28-35)25-21-22-26-38-33-29-36(30-34-38)24-20-18-16-14-12-10-8-6-4-2/h27-34H,3-20,23-24H2,1-2H3. The Labute approximate surface area is 236 Å². The van der Waals surface area contributed by atoms with Crippen molar-refractivity contribution in [3.63, 3.8) is 0 Å². The van der Waals surface area contributed by atoms with E-state index in [1.54, 1.807) is 0 Å². The van der Waals surface area contributed by atoms with Crippen molar-refractivity contribution >= 4 is 0 Å². The Balaban J connectivity index is 1.58. The van der Waals surface area contributed by atoms with Gasteiger partial charge in [-0.1, -0.05) is 153 Å². The molecule has 0 N–H and O–H groups in total. The fourth-order valence-electron chi connectivity index (χ4n) is 5.00. The first kappa shape index (κ1) is 31.8. The Morgan fingerprint density at radius 3 is 0.974 bits per heavy atom. The number of rotatable bonds is 20. The van der Waals surface area contributed by atoms with E-state index in [2.05, 4.69) is 86.1 Å². The van der Waals surface area contributed by atoms with Crippen LogP contribution in [0.3, 0.4) is 0 Å². The third-order valence-corrected chi connectivity index (χ3v) is 7.52. The van der Waals surface area contributed by atoms with E-state index in [0.29, 0.717) is 0 Å². The van der Waals surface area contributed by atoms with E-state index >= 15 is 0 Å². The first-order chi connectivity index (χ1) is 18.8. The third kappa shape index (κ3) is 16.4. The van der Waals surface area contributed by atoms with Gasteiger partial charge in [-0.25, -0.2) is 0 Å². The molecule has 0 nitrogen and oxygen atoms in total. The summed E-state index contributed by atoms with van der Waals surface area (Å²) >= 11 is 0. The number of hydrogen-bond acceptors (Lipinski definition) is 0. The van der Waals surface area contributed by atoms with Gasteiger partial charge in [-0.2, -0.15) is 0 Å². The summed E-state index contributed by atoms with van der Waals surface area (Å²) in [6.45, 7) is 4.57. The maximum atomic E-state index is 3.19. The Hall–Kier alpha value is -2.44. The Morgan fingerprint density at radius 2 is 0.658 bits per heavy atom. The van der Waals surface area contributed by atoms with Crippen LogP contribution in [-0.2, 0) is 12.8 Å². The molecule has 0 saturated heterocycles. The van der Waals surface area contributed by atoms with Crippen LogP contribution in [-0.4, -0.2) is 0 Å². The average Bonchev–Trinajstić information content (AvgIpc) is 2.95. The van der Waals surface area contributed by atoms with E-state index in [1.807, 2.05) is 0 Å². The van der Waals surface area contributed by atoms with Crippen LogP contribution >= 0.6 is 0 Å². The van der Waals surface area contributed by atoms with Crippen molar-refractivity contribution in [2.75, 3.05) is 0 Å². The summed E-state index contributed by atoms with van der Waals surface area (Å²) in [5.74, 6) is 12.4. The normalized spacial score (nSPS) is 10.5. The van der Waals surface area contributed by atoms with Crippen molar-refractivity contribution < 1.29 is 0 Å². The van der Waals surface area contributed by atoms with Crippen LogP contribution in [0, 0.1) is 23.7 Å². The van der Waals surface area contributed by atoms with Crippen molar-refractivity contribution in [1.29, 1.82) is 0 Å². The van der Waals surface area contributed by atoms with Crippen LogP contribution in [0.4, 0.5) is 0 Å². The van der Waals surface area contributed by atoms with E-state index in [4.69, 9.17) is 0 Å². The number of aryl methyl sites for hydroxylation is 2. The van der Waals surface area contributed by atoms with Crippen LogP contribution in [0.25, 0.3) is 0 Å². The van der Waals surface area contributed by atoms with E-state index in [9.17, 15) is 0 Å². The molecular formula is C38H54. The molecule has 0 amide bonds. The predicted octanol–water partition coefficient (Wildman–Crippen LogP) is 11.2. The molecule has 38 heavy (non-hydrogen) atoms.